The summed E-state index contributed by atoms with van der Waals surface area (Å²) in [7, 11) is 1.61. The number of nitrogens with zero attached hydrogens (tertiary/aromatic N) is 1. The maximum atomic E-state index is 11.6. The molecular weight excluding hydrogens is 288 g/mol. The molecule has 0 bridgehead atoms. The number of amides is 1. The first-order valence-corrected chi connectivity index (χ1v) is 8.81. The topological polar surface area (TPSA) is 74.8 Å². The number of hydrogen-bond acceptors (Lipinski definition) is 4. The monoisotopic (exact) mass is 316 g/mol. The van der Waals surface area contributed by atoms with Crippen LogP contribution in [0.15, 0.2) is 4.99 Å². The Bertz CT molecular complexity index is 339. The highest BCUT2D eigenvalue weighted by molar-refractivity contribution is 7.99. The highest BCUT2D eigenvalue weighted by atomic mass is 32.2. The van der Waals surface area contributed by atoms with Gasteiger partial charge in [-0.05, 0) is 32.4 Å². The normalized spacial score (nSPS) is 22.1. The number of methoxy groups -OCH3 is 1. The van der Waals surface area contributed by atoms with Crippen LogP contribution in [-0.2, 0) is 9.53 Å². The lowest BCUT2D eigenvalue weighted by atomic mass is 10.2. The second-order valence-corrected chi connectivity index (χ2v) is 6.19. The van der Waals surface area contributed by atoms with Crippen LogP contribution < -0.4 is 16.0 Å². The molecule has 0 aliphatic heterocycles. The highest BCUT2D eigenvalue weighted by Gasteiger charge is 2.24. The van der Waals surface area contributed by atoms with E-state index in [4.69, 9.17) is 4.74 Å². The number of guanidine groups is 1. The molecule has 0 radical (unpaired) electrons. The van der Waals surface area contributed by atoms with Crippen LogP contribution in [0.5, 0.6) is 0 Å². The van der Waals surface area contributed by atoms with E-state index in [-0.39, 0.29) is 12.5 Å². The van der Waals surface area contributed by atoms with Crippen molar-refractivity contribution in [3.63, 3.8) is 0 Å². The molecule has 7 heteroatoms. The summed E-state index contributed by atoms with van der Waals surface area (Å²) >= 11 is 1.93. The van der Waals surface area contributed by atoms with Crippen molar-refractivity contribution in [3.05, 3.63) is 0 Å². The Morgan fingerprint density at radius 3 is 2.81 bits per heavy atom. The molecule has 1 fully saturated rings. The van der Waals surface area contributed by atoms with Gasteiger partial charge in [0.1, 0.15) is 6.54 Å². The van der Waals surface area contributed by atoms with Gasteiger partial charge in [-0.25, -0.2) is 4.99 Å². The lowest BCUT2D eigenvalue weighted by molar-refractivity contribution is -0.119. The molecule has 0 aromatic rings. The van der Waals surface area contributed by atoms with Crippen molar-refractivity contribution in [1.29, 1.82) is 0 Å². The van der Waals surface area contributed by atoms with Gasteiger partial charge in [0.05, 0.1) is 6.61 Å². The Morgan fingerprint density at radius 1 is 1.38 bits per heavy atom. The SMILES string of the molecule is CCNC(=NCC(=O)NCCOC)NC1CCC(SC)C1. The molecule has 1 rings (SSSR count). The van der Waals surface area contributed by atoms with Crippen LogP contribution in [-0.4, -0.2) is 62.8 Å². The molecule has 21 heavy (non-hydrogen) atoms. The second kappa shape index (κ2) is 10.7. The van der Waals surface area contributed by atoms with Crippen LogP contribution in [0.3, 0.4) is 0 Å². The fraction of sp³-hybridized carbons (Fsp3) is 0.857. The van der Waals surface area contributed by atoms with Gasteiger partial charge in [-0.2, -0.15) is 11.8 Å². The molecule has 3 N–H and O–H groups in total. The predicted octanol–water partition coefficient (Wildman–Crippen LogP) is 0.588. The Hall–Kier alpha value is -0.950. The summed E-state index contributed by atoms with van der Waals surface area (Å²) in [6.07, 6.45) is 5.73. The van der Waals surface area contributed by atoms with E-state index in [0.29, 0.717) is 19.2 Å². The van der Waals surface area contributed by atoms with Gasteiger partial charge in [0.25, 0.3) is 0 Å². The third-order valence-electron chi connectivity index (χ3n) is 3.41. The van der Waals surface area contributed by atoms with Crippen molar-refractivity contribution in [2.24, 2.45) is 4.99 Å². The minimum Gasteiger partial charge on any atom is -0.383 e. The predicted molar refractivity (Wildman–Crippen MR) is 88.9 cm³/mol. The molecular formula is C14H28N4O2S. The molecule has 0 saturated heterocycles. The number of carbonyl (C=O) groups excluding carboxylic acids is 1. The highest BCUT2D eigenvalue weighted by Crippen LogP contribution is 2.27. The maximum absolute atomic E-state index is 11.6. The molecule has 0 aromatic carbocycles. The molecule has 1 saturated carbocycles. The summed E-state index contributed by atoms with van der Waals surface area (Å²) in [6, 6.07) is 0.455. The Morgan fingerprint density at radius 2 is 2.19 bits per heavy atom. The molecule has 0 aromatic heterocycles. The fourth-order valence-corrected chi connectivity index (χ4v) is 3.09. The Labute approximate surface area is 131 Å². The number of aliphatic imine (C=N–C) groups is 1. The molecule has 1 amide bonds. The molecule has 122 valence electrons. The first-order chi connectivity index (χ1) is 10.2. The summed E-state index contributed by atoms with van der Waals surface area (Å²) in [5.74, 6) is 0.642. The maximum Gasteiger partial charge on any atom is 0.241 e. The van der Waals surface area contributed by atoms with Crippen molar-refractivity contribution in [1.82, 2.24) is 16.0 Å². The van der Waals surface area contributed by atoms with Crippen molar-refractivity contribution in [3.8, 4) is 0 Å². The number of thioether (sulfide) groups is 1. The van der Waals surface area contributed by atoms with E-state index < -0.39 is 0 Å². The molecule has 0 spiro atoms. The van der Waals surface area contributed by atoms with E-state index in [0.717, 1.165) is 30.6 Å². The standard InChI is InChI=1S/C14H28N4O2S/c1-4-15-14(17-10-13(19)16-7-8-20-2)18-11-5-6-12(9-11)21-3/h11-12H,4-10H2,1-3H3,(H,16,19)(H2,15,17,18). The van der Waals surface area contributed by atoms with Crippen LogP contribution in [0.25, 0.3) is 0 Å². The molecule has 2 atom stereocenters. The van der Waals surface area contributed by atoms with Crippen molar-refractivity contribution in [2.75, 3.05) is 39.6 Å². The third kappa shape index (κ3) is 7.57. The first-order valence-electron chi connectivity index (χ1n) is 7.52. The van der Waals surface area contributed by atoms with E-state index in [9.17, 15) is 4.79 Å². The van der Waals surface area contributed by atoms with Crippen LogP contribution in [0, 0.1) is 0 Å². The molecule has 6 nitrogen and oxygen atoms in total. The van der Waals surface area contributed by atoms with E-state index in [1.807, 2.05) is 18.7 Å². The number of nitrogens with one attached hydrogen (secondary N) is 3. The minimum atomic E-state index is -0.0855. The summed E-state index contributed by atoms with van der Waals surface area (Å²) in [5.41, 5.74) is 0. The number of ether oxygens (including phenoxy) is 1. The van der Waals surface area contributed by atoms with Gasteiger partial charge in [0.2, 0.25) is 5.91 Å². The van der Waals surface area contributed by atoms with Crippen LogP contribution in [0.2, 0.25) is 0 Å². The second-order valence-electron chi connectivity index (χ2n) is 5.05. The van der Waals surface area contributed by atoms with Crippen molar-refractivity contribution in [2.45, 2.75) is 37.5 Å². The zero-order valence-corrected chi connectivity index (χ0v) is 14.1. The van der Waals surface area contributed by atoms with E-state index in [1.54, 1.807) is 7.11 Å². The zero-order valence-electron chi connectivity index (χ0n) is 13.3. The van der Waals surface area contributed by atoms with Gasteiger partial charge in [0, 0.05) is 31.5 Å². The molecule has 1 aliphatic carbocycles. The number of carbonyl (C=O) groups is 1. The summed E-state index contributed by atoms with van der Waals surface area (Å²) in [4.78, 5) is 16.0. The summed E-state index contributed by atoms with van der Waals surface area (Å²) in [5, 5.41) is 10.1. The van der Waals surface area contributed by atoms with E-state index in [2.05, 4.69) is 27.2 Å². The van der Waals surface area contributed by atoms with Crippen LogP contribution >= 0.6 is 11.8 Å². The quantitative estimate of drug-likeness (QED) is 0.347. The van der Waals surface area contributed by atoms with E-state index in [1.165, 1.54) is 6.42 Å². The van der Waals surface area contributed by atoms with Gasteiger partial charge in [-0.3, -0.25) is 4.79 Å². The largest absolute Gasteiger partial charge is 0.383 e. The molecule has 2 unspecified atom stereocenters. The van der Waals surface area contributed by atoms with Gasteiger partial charge >= 0.3 is 0 Å². The number of rotatable bonds is 8. The minimum absolute atomic E-state index is 0.0855. The Balaban J connectivity index is 2.37. The lowest BCUT2D eigenvalue weighted by Crippen LogP contribution is -2.43. The van der Waals surface area contributed by atoms with Gasteiger partial charge in [-0.15, -0.1) is 0 Å². The van der Waals surface area contributed by atoms with Crippen LogP contribution in [0.1, 0.15) is 26.2 Å². The zero-order chi connectivity index (χ0) is 15.5. The fourth-order valence-electron chi connectivity index (χ4n) is 2.30. The summed E-state index contributed by atoms with van der Waals surface area (Å²) in [6.45, 7) is 3.99. The van der Waals surface area contributed by atoms with Gasteiger partial charge < -0.3 is 20.7 Å². The average Bonchev–Trinajstić information content (AvgIpc) is 2.93. The number of hydrogen-bond donors (Lipinski definition) is 3. The lowest BCUT2D eigenvalue weighted by Gasteiger charge is -2.17. The Kier molecular flexibility index (Phi) is 9.25. The smallest absolute Gasteiger partial charge is 0.241 e. The van der Waals surface area contributed by atoms with Crippen molar-refractivity contribution >= 4 is 23.6 Å². The van der Waals surface area contributed by atoms with E-state index >= 15 is 0 Å². The third-order valence-corrected chi connectivity index (χ3v) is 4.51. The van der Waals surface area contributed by atoms with Crippen LogP contribution in [0.4, 0.5) is 0 Å². The van der Waals surface area contributed by atoms with Gasteiger partial charge in [-0.1, -0.05) is 0 Å². The summed E-state index contributed by atoms with van der Waals surface area (Å²) < 4.78 is 4.89. The molecule has 1 aliphatic rings. The van der Waals surface area contributed by atoms with Gasteiger partial charge in [0.15, 0.2) is 5.96 Å². The molecule has 0 heterocycles. The first kappa shape index (κ1) is 18.1. The average molecular weight is 316 g/mol. The van der Waals surface area contributed by atoms with Crippen molar-refractivity contribution < 1.29 is 9.53 Å².